The Balaban J connectivity index is 1.63. The number of rotatable bonds is 5. The van der Waals surface area contributed by atoms with Gasteiger partial charge < -0.3 is 19.3 Å². The monoisotopic (exact) mass is 420 g/mol. The Morgan fingerprint density at radius 1 is 1.42 bits per heavy atom. The SMILES string of the molecule is CCOc1cc(/C=N/NC(=O)C2COc3ccccc3O2)cc(Br)c1O. The van der Waals surface area contributed by atoms with E-state index < -0.39 is 12.0 Å². The average Bonchev–Trinajstić information content (AvgIpc) is 2.65. The molecule has 0 saturated heterocycles. The molecule has 2 aromatic rings. The summed E-state index contributed by atoms with van der Waals surface area (Å²) in [4.78, 5) is 12.2. The number of halogens is 1. The van der Waals surface area contributed by atoms with Gasteiger partial charge in [-0.3, -0.25) is 4.79 Å². The third-order valence-corrected chi connectivity index (χ3v) is 4.14. The number of para-hydroxylation sites is 2. The predicted molar refractivity (Wildman–Crippen MR) is 99.1 cm³/mol. The fourth-order valence-corrected chi connectivity index (χ4v) is 2.78. The molecule has 1 heterocycles. The molecule has 26 heavy (non-hydrogen) atoms. The number of fused-ring (bicyclic) bond motifs is 1. The first-order valence-corrected chi connectivity index (χ1v) is 8.74. The van der Waals surface area contributed by atoms with Crippen molar-refractivity contribution in [3.8, 4) is 23.0 Å². The van der Waals surface area contributed by atoms with Crippen LogP contribution >= 0.6 is 15.9 Å². The van der Waals surface area contributed by atoms with Gasteiger partial charge in [0.2, 0.25) is 6.10 Å². The van der Waals surface area contributed by atoms with Crippen LogP contribution in [0.3, 0.4) is 0 Å². The van der Waals surface area contributed by atoms with E-state index in [1.54, 1.807) is 30.3 Å². The molecule has 1 aliphatic rings. The average molecular weight is 421 g/mol. The first-order valence-electron chi connectivity index (χ1n) is 7.95. The van der Waals surface area contributed by atoms with Crippen molar-refractivity contribution in [3.63, 3.8) is 0 Å². The predicted octanol–water partition coefficient (Wildman–Crippen LogP) is 2.84. The van der Waals surface area contributed by atoms with Crippen LogP contribution in [0.25, 0.3) is 0 Å². The van der Waals surface area contributed by atoms with E-state index in [2.05, 4.69) is 26.5 Å². The molecule has 0 fully saturated rings. The van der Waals surface area contributed by atoms with Crippen LogP contribution in [0, 0.1) is 0 Å². The van der Waals surface area contributed by atoms with Crippen LogP contribution in [0.15, 0.2) is 46.0 Å². The van der Waals surface area contributed by atoms with Crippen LogP contribution in [0.4, 0.5) is 0 Å². The van der Waals surface area contributed by atoms with Crippen molar-refractivity contribution in [3.05, 3.63) is 46.4 Å². The lowest BCUT2D eigenvalue weighted by Crippen LogP contribution is -2.42. The molecule has 0 aromatic heterocycles. The van der Waals surface area contributed by atoms with E-state index in [9.17, 15) is 9.90 Å². The highest BCUT2D eigenvalue weighted by Crippen LogP contribution is 2.35. The number of hydrazone groups is 1. The van der Waals surface area contributed by atoms with Crippen molar-refractivity contribution in [1.29, 1.82) is 0 Å². The molecule has 8 heteroatoms. The van der Waals surface area contributed by atoms with Gasteiger partial charge in [0.1, 0.15) is 6.61 Å². The molecule has 0 radical (unpaired) electrons. The second-order valence-corrected chi connectivity index (χ2v) is 6.24. The quantitative estimate of drug-likeness (QED) is 0.573. The lowest BCUT2D eigenvalue weighted by molar-refractivity contribution is -0.130. The van der Waals surface area contributed by atoms with Gasteiger partial charge in [-0.05, 0) is 52.7 Å². The van der Waals surface area contributed by atoms with Gasteiger partial charge in [-0.25, -0.2) is 5.43 Å². The summed E-state index contributed by atoms with van der Waals surface area (Å²) in [7, 11) is 0. The lowest BCUT2D eigenvalue weighted by atomic mass is 10.2. The van der Waals surface area contributed by atoms with Crippen LogP contribution in [-0.4, -0.2) is 36.5 Å². The second-order valence-electron chi connectivity index (χ2n) is 5.38. The highest BCUT2D eigenvalue weighted by molar-refractivity contribution is 9.10. The number of phenols is 1. The van der Waals surface area contributed by atoms with E-state index >= 15 is 0 Å². The van der Waals surface area contributed by atoms with E-state index in [0.717, 1.165) is 0 Å². The minimum absolute atomic E-state index is 0.0134. The molecule has 0 bridgehead atoms. The summed E-state index contributed by atoms with van der Waals surface area (Å²) in [5.74, 6) is 1.05. The van der Waals surface area contributed by atoms with Crippen molar-refractivity contribution in [1.82, 2.24) is 5.43 Å². The lowest BCUT2D eigenvalue weighted by Gasteiger charge is -2.24. The fourth-order valence-electron chi connectivity index (χ4n) is 2.33. The number of nitrogens with zero attached hydrogens (tertiary/aromatic N) is 1. The number of phenolic OH excluding ortho intramolecular Hbond substituents is 1. The Bertz CT molecular complexity index is 840. The van der Waals surface area contributed by atoms with Crippen LogP contribution in [-0.2, 0) is 4.79 Å². The van der Waals surface area contributed by atoms with E-state index in [-0.39, 0.29) is 12.4 Å². The molecule has 0 saturated carbocycles. The molecule has 2 aromatic carbocycles. The van der Waals surface area contributed by atoms with Gasteiger partial charge in [0.15, 0.2) is 23.0 Å². The van der Waals surface area contributed by atoms with Gasteiger partial charge >= 0.3 is 0 Å². The van der Waals surface area contributed by atoms with Gasteiger partial charge in [-0.2, -0.15) is 5.10 Å². The smallest absolute Gasteiger partial charge is 0.284 e. The zero-order valence-corrected chi connectivity index (χ0v) is 15.5. The van der Waals surface area contributed by atoms with Gasteiger partial charge in [-0.15, -0.1) is 0 Å². The Labute approximate surface area is 158 Å². The largest absolute Gasteiger partial charge is 0.503 e. The van der Waals surface area contributed by atoms with E-state index in [1.807, 2.05) is 13.0 Å². The third-order valence-electron chi connectivity index (χ3n) is 3.54. The maximum Gasteiger partial charge on any atom is 0.284 e. The second kappa shape index (κ2) is 8.09. The molecular formula is C18H17BrN2O5. The third kappa shape index (κ3) is 4.08. The van der Waals surface area contributed by atoms with Crippen molar-refractivity contribution >= 4 is 28.1 Å². The normalized spacial score (nSPS) is 15.7. The Morgan fingerprint density at radius 3 is 2.96 bits per heavy atom. The maximum atomic E-state index is 12.2. The summed E-state index contributed by atoms with van der Waals surface area (Å²) in [6, 6.07) is 10.4. The summed E-state index contributed by atoms with van der Waals surface area (Å²) >= 11 is 3.25. The fraction of sp³-hybridized carbons (Fsp3) is 0.222. The van der Waals surface area contributed by atoms with E-state index in [0.29, 0.717) is 33.9 Å². The van der Waals surface area contributed by atoms with Crippen LogP contribution < -0.4 is 19.6 Å². The van der Waals surface area contributed by atoms with E-state index in [4.69, 9.17) is 14.2 Å². The molecule has 136 valence electrons. The number of benzene rings is 2. The molecule has 1 unspecified atom stereocenters. The zero-order chi connectivity index (χ0) is 18.5. The molecule has 1 amide bonds. The molecule has 1 atom stereocenters. The van der Waals surface area contributed by atoms with Crippen molar-refractivity contribution < 1.29 is 24.1 Å². The number of nitrogens with one attached hydrogen (secondary N) is 1. The molecule has 7 nitrogen and oxygen atoms in total. The summed E-state index contributed by atoms with van der Waals surface area (Å²) in [6.45, 7) is 2.34. The summed E-state index contributed by atoms with van der Waals surface area (Å²) in [5, 5.41) is 13.8. The first-order chi connectivity index (χ1) is 12.6. The topological polar surface area (TPSA) is 89.4 Å². The maximum absolute atomic E-state index is 12.2. The van der Waals surface area contributed by atoms with Crippen molar-refractivity contribution in [2.24, 2.45) is 5.10 Å². The van der Waals surface area contributed by atoms with Gasteiger partial charge in [0.25, 0.3) is 5.91 Å². The first kappa shape index (κ1) is 18.1. The number of aromatic hydroxyl groups is 1. The summed E-state index contributed by atoms with van der Waals surface area (Å²) in [6.07, 6.45) is 0.662. The summed E-state index contributed by atoms with van der Waals surface area (Å²) < 4.78 is 16.9. The highest BCUT2D eigenvalue weighted by Gasteiger charge is 2.26. The molecule has 2 N–H and O–H groups in total. The molecule has 0 spiro atoms. The number of hydrogen-bond donors (Lipinski definition) is 2. The van der Waals surface area contributed by atoms with Gasteiger partial charge in [-0.1, -0.05) is 12.1 Å². The van der Waals surface area contributed by atoms with Gasteiger partial charge in [0, 0.05) is 0 Å². The Kier molecular flexibility index (Phi) is 5.62. The van der Waals surface area contributed by atoms with Gasteiger partial charge in [0.05, 0.1) is 17.3 Å². The Hall–Kier alpha value is -2.74. The number of carbonyl (C=O) groups excluding carboxylic acids is 1. The highest BCUT2D eigenvalue weighted by atomic mass is 79.9. The van der Waals surface area contributed by atoms with Crippen LogP contribution in [0.2, 0.25) is 0 Å². The number of carbonyl (C=O) groups is 1. The van der Waals surface area contributed by atoms with Crippen molar-refractivity contribution in [2.45, 2.75) is 13.0 Å². The number of hydrogen-bond acceptors (Lipinski definition) is 6. The zero-order valence-electron chi connectivity index (χ0n) is 13.9. The number of amides is 1. The minimum Gasteiger partial charge on any atom is -0.503 e. The molecule has 1 aliphatic heterocycles. The molecule has 0 aliphatic carbocycles. The Morgan fingerprint density at radius 2 is 2.19 bits per heavy atom. The standard InChI is InChI=1S/C18H17BrN2O5/c1-2-24-15-8-11(7-12(19)17(15)22)9-20-21-18(23)16-10-25-13-5-3-4-6-14(13)26-16/h3-9,16,22H,2,10H2,1H3,(H,21,23)/b20-9+. The summed E-state index contributed by atoms with van der Waals surface area (Å²) in [5.41, 5.74) is 3.07. The van der Waals surface area contributed by atoms with Crippen LogP contribution in [0.5, 0.6) is 23.0 Å². The number of ether oxygens (including phenoxy) is 3. The molecular weight excluding hydrogens is 404 g/mol. The van der Waals surface area contributed by atoms with E-state index in [1.165, 1.54) is 6.21 Å². The molecule has 3 rings (SSSR count). The minimum atomic E-state index is -0.785. The van der Waals surface area contributed by atoms with Crippen LogP contribution in [0.1, 0.15) is 12.5 Å². The van der Waals surface area contributed by atoms with Crippen molar-refractivity contribution in [2.75, 3.05) is 13.2 Å².